The number of hydrogen-bond acceptors (Lipinski definition) is 4. The molecule has 8 heteroatoms. The van der Waals surface area contributed by atoms with Crippen molar-refractivity contribution in [3.63, 3.8) is 0 Å². The van der Waals surface area contributed by atoms with Gasteiger partial charge in [0, 0.05) is 10.7 Å². The van der Waals surface area contributed by atoms with Crippen molar-refractivity contribution >= 4 is 44.7 Å². The second kappa shape index (κ2) is 8.17. The predicted octanol–water partition coefficient (Wildman–Crippen LogP) is 4.43. The Hall–Kier alpha value is -3.16. The fourth-order valence-electron chi connectivity index (χ4n) is 3.49. The van der Waals surface area contributed by atoms with E-state index in [-0.39, 0.29) is 18.0 Å². The number of thiophene rings is 1. The molecule has 0 saturated carbocycles. The van der Waals surface area contributed by atoms with E-state index < -0.39 is 5.69 Å². The average Bonchev–Trinajstić information content (AvgIpc) is 3.21. The molecule has 0 atom stereocenters. The Morgan fingerprint density at radius 1 is 1.06 bits per heavy atom. The van der Waals surface area contributed by atoms with Crippen LogP contribution in [0.15, 0.2) is 57.4 Å². The molecule has 0 fully saturated rings. The number of halogens is 1. The van der Waals surface area contributed by atoms with Gasteiger partial charge in [-0.15, -0.1) is 11.3 Å². The molecule has 1 N–H and O–H groups in total. The first-order chi connectivity index (χ1) is 14.8. The van der Waals surface area contributed by atoms with Gasteiger partial charge in [0.15, 0.2) is 0 Å². The number of fused-ring (bicyclic) bond motifs is 1. The first kappa shape index (κ1) is 21.1. The third-order valence-corrected chi connectivity index (χ3v) is 6.47. The van der Waals surface area contributed by atoms with Gasteiger partial charge in [0.1, 0.15) is 11.2 Å². The fourth-order valence-corrected chi connectivity index (χ4v) is 4.49. The number of anilines is 1. The van der Waals surface area contributed by atoms with Crippen LogP contribution in [0.5, 0.6) is 0 Å². The number of carbonyl (C=O) groups excluding carboxylic acids is 1. The molecule has 0 radical (unpaired) electrons. The van der Waals surface area contributed by atoms with Crippen molar-refractivity contribution in [1.29, 1.82) is 0 Å². The van der Waals surface area contributed by atoms with Gasteiger partial charge in [-0.2, -0.15) is 0 Å². The lowest BCUT2D eigenvalue weighted by Gasteiger charge is -2.15. The van der Waals surface area contributed by atoms with Crippen molar-refractivity contribution in [2.24, 2.45) is 0 Å². The molecule has 4 aromatic rings. The Bertz CT molecular complexity index is 1450. The number of aromatic nitrogens is 2. The number of hydrogen-bond donors (Lipinski definition) is 1. The van der Waals surface area contributed by atoms with Crippen LogP contribution < -0.4 is 16.6 Å². The Balaban J connectivity index is 1.83. The predicted molar refractivity (Wildman–Crippen MR) is 126 cm³/mol. The van der Waals surface area contributed by atoms with Gasteiger partial charge in [0.2, 0.25) is 5.91 Å². The molecule has 0 aliphatic carbocycles. The molecular weight excluding hydrogens is 434 g/mol. The minimum absolute atomic E-state index is 0.233. The maximum Gasteiger partial charge on any atom is 0.336 e. The molecule has 2 aromatic carbocycles. The van der Waals surface area contributed by atoms with Crippen LogP contribution in [-0.2, 0) is 11.3 Å². The molecule has 2 aromatic heterocycles. The zero-order valence-corrected chi connectivity index (χ0v) is 18.8. The van der Waals surface area contributed by atoms with E-state index in [9.17, 15) is 14.4 Å². The monoisotopic (exact) mass is 453 g/mol. The number of carbonyl (C=O) groups is 1. The van der Waals surface area contributed by atoms with Crippen LogP contribution in [0.2, 0.25) is 5.02 Å². The molecule has 0 aliphatic heterocycles. The van der Waals surface area contributed by atoms with Crippen molar-refractivity contribution in [2.45, 2.75) is 27.3 Å². The summed E-state index contributed by atoms with van der Waals surface area (Å²) in [4.78, 5) is 39.4. The summed E-state index contributed by atoms with van der Waals surface area (Å²) in [6, 6.07) is 12.4. The molecule has 2 heterocycles. The molecular formula is C23H20ClN3O3S. The third-order valence-electron chi connectivity index (χ3n) is 5.35. The van der Waals surface area contributed by atoms with Crippen LogP contribution in [-0.4, -0.2) is 15.0 Å². The summed E-state index contributed by atoms with van der Waals surface area (Å²) in [6.45, 7) is 5.42. The van der Waals surface area contributed by atoms with Gasteiger partial charge in [-0.3, -0.25) is 14.2 Å². The minimum atomic E-state index is -0.553. The lowest BCUT2D eigenvalue weighted by molar-refractivity contribution is -0.116. The highest BCUT2D eigenvalue weighted by Crippen LogP contribution is 2.21. The van der Waals surface area contributed by atoms with Gasteiger partial charge in [0.05, 0.1) is 11.2 Å². The SMILES string of the molecule is Cc1ccc(Cl)cc1NC(=O)Cn1c(=O)n(-c2cccc(C)c2C)c(=O)c2sccc21. The number of rotatable bonds is 4. The second-order valence-electron chi connectivity index (χ2n) is 7.37. The van der Waals surface area contributed by atoms with Gasteiger partial charge in [-0.05, 0) is 67.1 Å². The van der Waals surface area contributed by atoms with Gasteiger partial charge >= 0.3 is 5.69 Å². The van der Waals surface area contributed by atoms with Gasteiger partial charge in [-0.25, -0.2) is 9.36 Å². The van der Waals surface area contributed by atoms with E-state index in [0.717, 1.165) is 21.3 Å². The number of nitrogens with one attached hydrogen (secondary N) is 1. The molecule has 1 amide bonds. The van der Waals surface area contributed by atoms with E-state index >= 15 is 0 Å². The standard InChI is InChI=1S/C23H20ClN3O3S/c1-13-5-4-6-18(15(13)3)27-22(29)21-19(9-10-31-21)26(23(27)30)12-20(28)25-17-11-16(24)8-7-14(17)2/h4-11H,12H2,1-3H3,(H,25,28). The van der Waals surface area contributed by atoms with Crippen molar-refractivity contribution in [2.75, 3.05) is 5.32 Å². The summed E-state index contributed by atoms with van der Waals surface area (Å²) in [6.07, 6.45) is 0. The van der Waals surface area contributed by atoms with Crippen molar-refractivity contribution in [3.8, 4) is 5.69 Å². The van der Waals surface area contributed by atoms with E-state index in [1.54, 1.807) is 35.7 Å². The van der Waals surface area contributed by atoms with E-state index in [2.05, 4.69) is 5.32 Å². The van der Waals surface area contributed by atoms with Crippen LogP contribution in [0, 0.1) is 20.8 Å². The highest BCUT2D eigenvalue weighted by molar-refractivity contribution is 7.17. The molecule has 31 heavy (non-hydrogen) atoms. The highest BCUT2D eigenvalue weighted by Gasteiger charge is 2.19. The number of nitrogens with zero attached hydrogens (tertiary/aromatic N) is 2. The zero-order chi connectivity index (χ0) is 22.3. The molecule has 0 spiro atoms. The highest BCUT2D eigenvalue weighted by atomic mass is 35.5. The Labute approximate surface area is 187 Å². The maximum atomic E-state index is 13.4. The minimum Gasteiger partial charge on any atom is -0.324 e. The summed E-state index contributed by atoms with van der Waals surface area (Å²) in [5.74, 6) is -0.383. The number of aryl methyl sites for hydroxylation is 2. The Morgan fingerprint density at radius 3 is 2.61 bits per heavy atom. The van der Waals surface area contributed by atoms with Crippen molar-refractivity contribution in [1.82, 2.24) is 9.13 Å². The topological polar surface area (TPSA) is 73.1 Å². The van der Waals surface area contributed by atoms with E-state index in [1.807, 2.05) is 32.9 Å². The smallest absolute Gasteiger partial charge is 0.324 e. The van der Waals surface area contributed by atoms with Crippen LogP contribution in [0.4, 0.5) is 5.69 Å². The van der Waals surface area contributed by atoms with Gasteiger partial charge in [0.25, 0.3) is 5.56 Å². The van der Waals surface area contributed by atoms with E-state index in [0.29, 0.717) is 26.6 Å². The maximum absolute atomic E-state index is 13.4. The van der Waals surface area contributed by atoms with Crippen LogP contribution >= 0.6 is 22.9 Å². The molecule has 0 saturated heterocycles. The van der Waals surface area contributed by atoms with Crippen LogP contribution in [0.1, 0.15) is 16.7 Å². The first-order valence-electron chi connectivity index (χ1n) is 9.63. The quantitative estimate of drug-likeness (QED) is 0.496. The lowest BCUT2D eigenvalue weighted by atomic mass is 10.1. The molecule has 0 unspecified atom stereocenters. The Kier molecular flexibility index (Phi) is 5.56. The largest absolute Gasteiger partial charge is 0.336 e. The molecule has 0 bridgehead atoms. The van der Waals surface area contributed by atoms with Crippen molar-refractivity contribution < 1.29 is 4.79 Å². The zero-order valence-electron chi connectivity index (χ0n) is 17.2. The number of amides is 1. The first-order valence-corrected chi connectivity index (χ1v) is 10.9. The third kappa shape index (κ3) is 3.82. The molecule has 4 rings (SSSR count). The molecule has 158 valence electrons. The molecule has 0 aliphatic rings. The Morgan fingerprint density at radius 2 is 1.84 bits per heavy atom. The second-order valence-corrected chi connectivity index (χ2v) is 8.72. The summed E-state index contributed by atoms with van der Waals surface area (Å²) >= 11 is 7.29. The fraction of sp³-hybridized carbons (Fsp3) is 0.174. The number of benzene rings is 2. The van der Waals surface area contributed by atoms with Gasteiger partial charge < -0.3 is 5.32 Å². The summed E-state index contributed by atoms with van der Waals surface area (Å²) < 4.78 is 2.91. The molecule has 6 nitrogen and oxygen atoms in total. The normalized spacial score (nSPS) is 11.1. The van der Waals surface area contributed by atoms with E-state index in [1.165, 1.54) is 15.9 Å². The van der Waals surface area contributed by atoms with Crippen LogP contribution in [0.25, 0.3) is 15.9 Å². The summed E-state index contributed by atoms with van der Waals surface area (Å²) in [7, 11) is 0. The summed E-state index contributed by atoms with van der Waals surface area (Å²) in [5, 5.41) is 5.06. The van der Waals surface area contributed by atoms with Crippen LogP contribution in [0.3, 0.4) is 0 Å². The summed E-state index contributed by atoms with van der Waals surface area (Å²) in [5.41, 5.74) is 3.26. The van der Waals surface area contributed by atoms with E-state index in [4.69, 9.17) is 11.6 Å². The lowest BCUT2D eigenvalue weighted by Crippen LogP contribution is -2.40. The van der Waals surface area contributed by atoms with Crippen molar-refractivity contribution in [3.05, 3.63) is 90.4 Å². The average molecular weight is 454 g/mol. The van der Waals surface area contributed by atoms with Gasteiger partial charge in [-0.1, -0.05) is 29.8 Å².